The van der Waals surface area contributed by atoms with Crippen molar-refractivity contribution < 1.29 is 5.11 Å². The summed E-state index contributed by atoms with van der Waals surface area (Å²) in [5, 5.41) is 22.3. The zero-order valence-electron chi connectivity index (χ0n) is 10.4. The van der Waals surface area contributed by atoms with Crippen LogP contribution in [0.1, 0.15) is 11.3 Å². The van der Waals surface area contributed by atoms with Crippen LogP contribution in [0.25, 0.3) is 10.8 Å². The molecule has 96 valence electrons. The molecule has 0 aliphatic rings. The third kappa shape index (κ3) is 2.44. The highest BCUT2D eigenvalue weighted by molar-refractivity contribution is 5.87. The van der Waals surface area contributed by atoms with Gasteiger partial charge in [-0.1, -0.05) is 30.3 Å². The first-order valence-electron chi connectivity index (χ1n) is 6.23. The number of aromatic nitrogens is 2. The Morgan fingerprint density at radius 1 is 1.05 bits per heavy atom. The third-order valence-corrected chi connectivity index (χ3v) is 3.19. The van der Waals surface area contributed by atoms with Crippen molar-refractivity contribution in [3.8, 4) is 5.75 Å². The summed E-state index contributed by atoms with van der Waals surface area (Å²) in [7, 11) is 0. The molecule has 0 spiro atoms. The number of nitrogens with zero attached hydrogens (tertiary/aromatic N) is 1. The molecule has 3 aromatic rings. The average Bonchev–Trinajstić information content (AvgIpc) is 2.94. The first-order chi connectivity index (χ1) is 9.34. The first kappa shape index (κ1) is 11.7. The molecule has 3 rings (SSSR count). The highest BCUT2D eigenvalue weighted by Gasteiger charge is 2.06. The number of H-pyrrole nitrogens is 1. The highest BCUT2D eigenvalue weighted by atomic mass is 16.3. The van der Waals surface area contributed by atoms with E-state index in [0.717, 1.165) is 22.0 Å². The van der Waals surface area contributed by atoms with E-state index in [1.807, 2.05) is 36.4 Å². The maximum Gasteiger partial charge on any atom is 0.120 e. The van der Waals surface area contributed by atoms with Gasteiger partial charge in [0.1, 0.15) is 5.75 Å². The lowest BCUT2D eigenvalue weighted by atomic mass is 10.0. The molecule has 2 aromatic carbocycles. The van der Waals surface area contributed by atoms with E-state index in [1.54, 1.807) is 12.3 Å². The predicted molar refractivity (Wildman–Crippen MR) is 74.7 cm³/mol. The van der Waals surface area contributed by atoms with Gasteiger partial charge in [0.05, 0.1) is 0 Å². The highest BCUT2D eigenvalue weighted by Crippen LogP contribution is 2.26. The van der Waals surface area contributed by atoms with Gasteiger partial charge in [-0.3, -0.25) is 5.10 Å². The van der Waals surface area contributed by atoms with Gasteiger partial charge >= 0.3 is 0 Å². The Balaban J connectivity index is 1.81. The van der Waals surface area contributed by atoms with Crippen LogP contribution in [0, 0.1) is 0 Å². The zero-order chi connectivity index (χ0) is 13.1. The topological polar surface area (TPSA) is 60.9 Å². The van der Waals surface area contributed by atoms with Gasteiger partial charge in [0, 0.05) is 30.5 Å². The van der Waals surface area contributed by atoms with Crippen molar-refractivity contribution in [3.63, 3.8) is 0 Å². The number of rotatable bonds is 4. The number of nitrogens with one attached hydrogen (secondary N) is 2. The Labute approximate surface area is 111 Å². The maximum absolute atomic E-state index is 10.0. The van der Waals surface area contributed by atoms with Gasteiger partial charge < -0.3 is 10.4 Å². The lowest BCUT2D eigenvalue weighted by molar-refractivity contribution is 0.465. The van der Waals surface area contributed by atoms with Gasteiger partial charge in [-0.05, 0) is 22.9 Å². The van der Waals surface area contributed by atoms with Crippen molar-refractivity contribution >= 4 is 10.8 Å². The smallest absolute Gasteiger partial charge is 0.120 e. The van der Waals surface area contributed by atoms with Gasteiger partial charge in [-0.2, -0.15) is 5.10 Å². The number of aromatic amines is 1. The second-order valence-corrected chi connectivity index (χ2v) is 4.47. The van der Waals surface area contributed by atoms with Crippen molar-refractivity contribution in [1.82, 2.24) is 15.5 Å². The van der Waals surface area contributed by atoms with Gasteiger partial charge in [-0.15, -0.1) is 0 Å². The fourth-order valence-electron chi connectivity index (χ4n) is 2.22. The molecule has 1 aromatic heterocycles. The number of hydrogen-bond acceptors (Lipinski definition) is 3. The van der Waals surface area contributed by atoms with E-state index in [-0.39, 0.29) is 0 Å². The van der Waals surface area contributed by atoms with Crippen LogP contribution >= 0.6 is 0 Å². The van der Waals surface area contributed by atoms with Gasteiger partial charge in [0.2, 0.25) is 0 Å². The van der Waals surface area contributed by atoms with Crippen LogP contribution < -0.4 is 5.32 Å². The summed E-state index contributed by atoms with van der Waals surface area (Å²) in [5.74, 6) is 0.329. The van der Waals surface area contributed by atoms with Crippen molar-refractivity contribution in [2.75, 3.05) is 0 Å². The summed E-state index contributed by atoms with van der Waals surface area (Å²) in [5.41, 5.74) is 1.96. The zero-order valence-corrected chi connectivity index (χ0v) is 10.4. The molecule has 0 aliphatic heterocycles. The summed E-state index contributed by atoms with van der Waals surface area (Å²) in [6.45, 7) is 1.31. The monoisotopic (exact) mass is 253 g/mol. The van der Waals surface area contributed by atoms with E-state index in [0.29, 0.717) is 18.8 Å². The van der Waals surface area contributed by atoms with Crippen LogP contribution in [0.2, 0.25) is 0 Å². The van der Waals surface area contributed by atoms with Crippen molar-refractivity contribution in [3.05, 3.63) is 59.9 Å². The standard InChI is InChI=1S/C15H15N3O/c19-15-6-5-11-3-1-2-4-13(11)14(15)10-16-9-12-7-8-17-18-12/h1-8,16,19H,9-10H2,(H,17,18). The summed E-state index contributed by atoms with van der Waals surface area (Å²) in [6.07, 6.45) is 1.73. The molecule has 0 unspecified atom stereocenters. The molecule has 0 saturated heterocycles. The minimum absolute atomic E-state index is 0.329. The molecule has 0 atom stereocenters. The fourth-order valence-corrected chi connectivity index (χ4v) is 2.22. The SMILES string of the molecule is Oc1ccc2ccccc2c1CNCc1ccn[nH]1. The van der Waals surface area contributed by atoms with Crippen LogP contribution in [-0.2, 0) is 13.1 Å². The van der Waals surface area contributed by atoms with Crippen molar-refractivity contribution in [2.45, 2.75) is 13.1 Å². The number of aromatic hydroxyl groups is 1. The normalized spacial score (nSPS) is 10.9. The Kier molecular flexibility index (Phi) is 3.16. The molecule has 4 heteroatoms. The van der Waals surface area contributed by atoms with E-state index in [1.165, 1.54) is 0 Å². The van der Waals surface area contributed by atoms with E-state index in [9.17, 15) is 5.11 Å². The molecule has 1 heterocycles. The van der Waals surface area contributed by atoms with Crippen LogP contribution in [0.3, 0.4) is 0 Å². The summed E-state index contributed by atoms with van der Waals surface area (Å²) >= 11 is 0. The van der Waals surface area contributed by atoms with Gasteiger partial charge in [-0.25, -0.2) is 0 Å². The maximum atomic E-state index is 10.0. The van der Waals surface area contributed by atoms with E-state index >= 15 is 0 Å². The summed E-state index contributed by atoms with van der Waals surface area (Å²) in [4.78, 5) is 0. The van der Waals surface area contributed by atoms with Gasteiger partial charge in [0.15, 0.2) is 0 Å². The lowest BCUT2D eigenvalue weighted by Crippen LogP contribution is -2.13. The van der Waals surface area contributed by atoms with Crippen LogP contribution in [-0.4, -0.2) is 15.3 Å². The third-order valence-electron chi connectivity index (χ3n) is 3.19. The molecule has 0 amide bonds. The molecule has 0 radical (unpaired) electrons. The van der Waals surface area contributed by atoms with Crippen LogP contribution in [0.5, 0.6) is 5.75 Å². The Morgan fingerprint density at radius 3 is 2.79 bits per heavy atom. The molecular weight excluding hydrogens is 238 g/mol. The number of phenols is 1. The average molecular weight is 253 g/mol. The first-order valence-corrected chi connectivity index (χ1v) is 6.23. The molecular formula is C15H15N3O. The van der Waals surface area contributed by atoms with E-state index in [4.69, 9.17) is 0 Å². The van der Waals surface area contributed by atoms with Gasteiger partial charge in [0.25, 0.3) is 0 Å². The number of hydrogen-bond donors (Lipinski definition) is 3. The Hall–Kier alpha value is -2.33. The molecule has 0 fully saturated rings. The molecule has 4 nitrogen and oxygen atoms in total. The largest absolute Gasteiger partial charge is 0.508 e. The van der Waals surface area contributed by atoms with Crippen molar-refractivity contribution in [2.24, 2.45) is 0 Å². The second kappa shape index (κ2) is 5.12. The summed E-state index contributed by atoms with van der Waals surface area (Å²) < 4.78 is 0. The second-order valence-electron chi connectivity index (χ2n) is 4.47. The molecule has 0 saturated carbocycles. The summed E-state index contributed by atoms with van der Waals surface area (Å²) in [6, 6.07) is 13.7. The molecule has 3 N–H and O–H groups in total. The van der Waals surface area contributed by atoms with Crippen molar-refractivity contribution in [1.29, 1.82) is 0 Å². The quantitative estimate of drug-likeness (QED) is 0.669. The fraction of sp³-hybridized carbons (Fsp3) is 0.133. The minimum Gasteiger partial charge on any atom is -0.508 e. The van der Waals surface area contributed by atoms with E-state index < -0.39 is 0 Å². The van der Waals surface area contributed by atoms with Crippen LogP contribution in [0.4, 0.5) is 0 Å². The Morgan fingerprint density at radius 2 is 1.95 bits per heavy atom. The predicted octanol–water partition coefficient (Wildman–Crippen LogP) is 2.56. The molecule has 0 bridgehead atoms. The number of benzene rings is 2. The van der Waals surface area contributed by atoms with E-state index in [2.05, 4.69) is 15.5 Å². The Bertz CT molecular complexity index is 677. The van der Waals surface area contributed by atoms with Crippen LogP contribution in [0.15, 0.2) is 48.7 Å². The number of phenolic OH excluding ortho intramolecular Hbond substituents is 1. The molecule has 19 heavy (non-hydrogen) atoms. The minimum atomic E-state index is 0.329. The number of fused-ring (bicyclic) bond motifs is 1. The molecule has 0 aliphatic carbocycles. The lowest BCUT2D eigenvalue weighted by Gasteiger charge is -2.10.